The van der Waals surface area contributed by atoms with E-state index in [2.05, 4.69) is 0 Å². The van der Waals surface area contributed by atoms with Gasteiger partial charge in [-0.25, -0.2) is 0 Å². The Balaban J connectivity index is 1.53. The molecule has 0 bridgehead atoms. The molecule has 1 amide bonds. The molecular formula is C18H15Cl2NO4. The van der Waals surface area contributed by atoms with Crippen LogP contribution < -0.4 is 9.47 Å². The Hall–Kier alpha value is -1.95. The minimum atomic E-state index is -0.261. The van der Waals surface area contributed by atoms with Gasteiger partial charge in [0.1, 0.15) is 6.10 Å². The van der Waals surface area contributed by atoms with Crippen LogP contribution in [-0.4, -0.2) is 37.3 Å². The van der Waals surface area contributed by atoms with E-state index in [4.69, 9.17) is 37.4 Å². The molecule has 1 fully saturated rings. The van der Waals surface area contributed by atoms with E-state index in [9.17, 15) is 4.79 Å². The molecule has 0 spiro atoms. The lowest BCUT2D eigenvalue weighted by Crippen LogP contribution is -2.42. The Kier molecular flexibility index (Phi) is 4.46. The third-order valence-corrected chi connectivity index (χ3v) is 4.67. The molecule has 0 saturated carbocycles. The molecule has 1 unspecified atom stereocenters. The maximum atomic E-state index is 12.8. The first-order valence-corrected chi connectivity index (χ1v) is 8.62. The van der Waals surface area contributed by atoms with Crippen LogP contribution in [0.15, 0.2) is 36.4 Å². The summed E-state index contributed by atoms with van der Waals surface area (Å²) >= 11 is 12.1. The molecule has 2 aliphatic heterocycles. The predicted octanol–water partition coefficient (Wildman–Crippen LogP) is 3.94. The SMILES string of the molecule is O=C(c1ccc2c(c1)OCO2)N1CCOC(c2cc(Cl)cc(Cl)c2)C1. The predicted molar refractivity (Wildman–Crippen MR) is 93.6 cm³/mol. The summed E-state index contributed by atoms with van der Waals surface area (Å²) in [6.07, 6.45) is -0.261. The van der Waals surface area contributed by atoms with Gasteiger partial charge in [-0.2, -0.15) is 0 Å². The average Bonchev–Trinajstić information content (AvgIpc) is 3.08. The fourth-order valence-electron chi connectivity index (χ4n) is 3.01. The highest BCUT2D eigenvalue weighted by Crippen LogP contribution is 2.33. The molecule has 1 saturated heterocycles. The lowest BCUT2D eigenvalue weighted by atomic mass is 10.1. The minimum absolute atomic E-state index is 0.0697. The van der Waals surface area contributed by atoms with E-state index in [1.54, 1.807) is 29.2 Å². The third-order valence-electron chi connectivity index (χ3n) is 4.23. The van der Waals surface area contributed by atoms with Crippen LogP contribution in [0.5, 0.6) is 11.5 Å². The maximum absolute atomic E-state index is 12.8. The molecular weight excluding hydrogens is 365 g/mol. The zero-order valence-corrected chi connectivity index (χ0v) is 14.7. The van der Waals surface area contributed by atoms with E-state index < -0.39 is 0 Å². The van der Waals surface area contributed by atoms with Crippen molar-refractivity contribution < 1.29 is 19.0 Å². The lowest BCUT2D eigenvalue weighted by Gasteiger charge is -2.33. The summed E-state index contributed by atoms with van der Waals surface area (Å²) < 4.78 is 16.4. The first kappa shape index (κ1) is 16.5. The number of rotatable bonds is 2. The summed E-state index contributed by atoms with van der Waals surface area (Å²) in [5, 5.41) is 1.09. The van der Waals surface area contributed by atoms with Crippen molar-refractivity contribution in [1.29, 1.82) is 0 Å². The number of carbonyl (C=O) groups excluding carboxylic acids is 1. The second kappa shape index (κ2) is 6.75. The normalized spacial score (nSPS) is 19.1. The van der Waals surface area contributed by atoms with Crippen molar-refractivity contribution in [2.24, 2.45) is 0 Å². The van der Waals surface area contributed by atoms with Gasteiger partial charge < -0.3 is 19.1 Å². The van der Waals surface area contributed by atoms with E-state index in [0.717, 1.165) is 5.56 Å². The van der Waals surface area contributed by atoms with Gasteiger partial charge in [-0.05, 0) is 42.0 Å². The van der Waals surface area contributed by atoms with Crippen LogP contribution in [0.4, 0.5) is 0 Å². The zero-order chi connectivity index (χ0) is 17.4. The van der Waals surface area contributed by atoms with Crippen LogP contribution in [0.2, 0.25) is 10.0 Å². The molecule has 4 rings (SSSR count). The monoisotopic (exact) mass is 379 g/mol. The summed E-state index contributed by atoms with van der Waals surface area (Å²) in [4.78, 5) is 14.6. The number of fused-ring (bicyclic) bond motifs is 1. The van der Waals surface area contributed by atoms with E-state index in [-0.39, 0.29) is 18.8 Å². The lowest BCUT2D eigenvalue weighted by molar-refractivity contribution is -0.0228. The standard InChI is InChI=1S/C18H15Cl2NO4/c19-13-5-12(6-14(20)8-13)17-9-21(3-4-23-17)18(22)11-1-2-15-16(7-11)25-10-24-15/h1-2,5-8,17H,3-4,9-10H2. The highest BCUT2D eigenvalue weighted by Gasteiger charge is 2.27. The van der Waals surface area contributed by atoms with Gasteiger partial charge in [-0.3, -0.25) is 4.79 Å². The van der Waals surface area contributed by atoms with Gasteiger partial charge in [0.25, 0.3) is 5.91 Å². The van der Waals surface area contributed by atoms with Gasteiger partial charge in [0.15, 0.2) is 11.5 Å². The highest BCUT2D eigenvalue weighted by atomic mass is 35.5. The van der Waals surface area contributed by atoms with Gasteiger partial charge in [-0.15, -0.1) is 0 Å². The number of halogens is 2. The second-order valence-corrected chi connectivity index (χ2v) is 6.75. The van der Waals surface area contributed by atoms with Crippen LogP contribution in [0, 0.1) is 0 Å². The van der Waals surface area contributed by atoms with Crippen molar-refractivity contribution in [2.45, 2.75) is 6.10 Å². The van der Waals surface area contributed by atoms with Crippen LogP contribution in [0.25, 0.3) is 0 Å². The van der Waals surface area contributed by atoms with Gasteiger partial charge in [0.2, 0.25) is 6.79 Å². The summed E-state index contributed by atoms with van der Waals surface area (Å²) in [5.41, 5.74) is 1.43. The smallest absolute Gasteiger partial charge is 0.254 e. The minimum Gasteiger partial charge on any atom is -0.454 e. The molecule has 0 N–H and O–H groups in total. The molecule has 0 radical (unpaired) electrons. The van der Waals surface area contributed by atoms with Crippen LogP contribution in [0.1, 0.15) is 22.0 Å². The van der Waals surface area contributed by atoms with Crippen LogP contribution >= 0.6 is 23.2 Å². The number of hydrogen-bond acceptors (Lipinski definition) is 4. The molecule has 25 heavy (non-hydrogen) atoms. The van der Waals surface area contributed by atoms with Crippen molar-refractivity contribution in [2.75, 3.05) is 26.5 Å². The number of ether oxygens (including phenoxy) is 3. The Labute approximate surface area is 155 Å². The summed E-state index contributed by atoms with van der Waals surface area (Å²) in [7, 11) is 0. The topological polar surface area (TPSA) is 48.0 Å². The van der Waals surface area contributed by atoms with Crippen molar-refractivity contribution in [1.82, 2.24) is 4.90 Å². The van der Waals surface area contributed by atoms with Crippen molar-refractivity contribution >= 4 is 29.1 Å². The first-order chi connectivity index (χ1) is 12.1. The molecule has 0 aromatic heterocycles. The molecule has 130 valence electrons. The zero-order valence-electron chi connectivity index (χ0n) is 13.2. The third kappa shape index (κ3) is 3.40. The quantitative estimate of drug-likeness (QED) is 0.792. The van der Waals surface area contributed by atoms with Crippen LogP contribution in [0.3, 0.4) is 0 Å². The molecule has 2 aromatic rings. The van der Waals surface area contributed by atoms with E-state index in [0.29, 0.717) is 46.8 Å². The molecule has 7 heteroatoms. The van der Waals surface area contributed by atoms with Gasteiger partial charge in [-0.1, -0.05) is 23.2 Å². The maximum Gasteiger partial charge on any atom is 0.254 e. The fraction of sp³-hybridized carbons (Fsp3) is 0.278. The van der Waals surface area contributed by atoms with Crippen molar-refractivity contribution in [3.05, 3.63) is 57.6 Å². The Morgan fingerprint density at radius 1 is 1.04 bits per heavy atom. The van der Waals surface area contributed by atoms with E-state index >= 15 is 0 Å². The average molecular weight is 380 g/mol. The number of hydrogen-bond donors (Lipinski definition) is 0. The first-order valence-electron chi connectivity index (χ1n) is 7.87. The van der Waals surface area contributed by atoms with Gasteiger partial charge in [0.05, 0.1) is 13.2 Å². The van der Waals surface area contributed by atoms with E-state index in [1.165, 1.54) is 0 Å². The number of carbonyl (C=O) groups is 1. The number of amides is 1. The van der Waals surface area contributed by atoms with Gasteiger partial charge >= 0.3 is 0 Å². The molecule has 5 nitrogen and oxygen atoms in total. The summed E-state index contributed by atoms with van der Waals surface area (Å²) in [6, 6.07) is 10.5. The molecule has 2 heterocycles. The summed E-state index contributed by atoms with van der Waals surface area (Å²) in [6.45, 7) is 1.59. The molecule has 0 aliphatic carbocycles. The second-order valence-electron chi connectivity index (χ2n) is 5.88. The molecule has 2 aromatic carbocycles. The highest BCUT2D eigenvalue weighted by molar-refractivity contribution is 6.34. The van der Waals surface area contributed by atoms with Crippen molar-refractivity contribution in [3.8, 4) is 11.5 Å². The number of benzene rings is 2. The molecule has 2 aliphatic rings. The summed E-state index contributed by atoms with van der Waals surface area (Å²) in [5.74, 6) is 1.18. The van der Waals surface area contributed by atoms with E-state index in [1.807, 2.05) is 12.1 Å². The Bertz CT molecular complexity index is 806. The Morgan fingerprint density at radius 3 is 2.60 bits per heavy atom. The fourth-order valence-corrected chi connectivity index (χ4v) is 3.55. The number of morpholine rings is 1. The van der Waals surface area contributed by atoms with Crippen molar-refractivity contribution in [3.63, 3.8) is 0 Å². The largest absolute Gasteiger partial charge is 0.454 e. The Morgan fingerprint density at radius 2 is 1.80 bits per heavy atom. The van der Waals surface area contributed by atoms with Crippen LogP contribution in [-0.2, 0) is 4.74 Å². The van der Waals surface area contributed by atoms with Gasteiger partial charge in [0, 0.05) is 22.2 Å². The number of nitrogens with zero attached hydrogens (tertiary/aromatic N) is 1. The molecule has 1 atom stereocenters.